The molecule has 3 heteroatoms. The van der Waals surface area contributed by atoms with Gasteiger partial charge in [-0.3, -0.25) is 4.90 Å². The van der Waals surface area contributed by atoms with Crippen LogP contribution in [0.4, 0.5) is 0 Å². The number of hydrogen-bond donors (Lipinski definition) is 2. The summed E-state index contributed by atoms with van der Waals surface area (Å²) in [7, 11) is 0. The highest BCUT2D eigenvalue weighted by atomic mass is 16.3. The summed E-state index contributed by atoms with van der Waals surface area (Å²) in [6, 6.07) is 1.21. The fourth-order valence-electron chi connectivity index (χ4n) is 2.31. The quantitative estimate of drug-likeness (QED) is 0.705. The molecule has 0 aliphatic carbocycles. The molecule has 2 N–H and O–H groups in total. The van der Waals surface area contributed by atoms with Crippen molar-refractivity contribution in [3.8, 4) is 0 Å². The van der Waals surface area contributed by atoms with E-state index in [4.69, 9.17) is 5.11 Å². The smallest absolute Gasteiger partial charge is 0.0558 e. The van der Waals surface area contributed by atoms with Gasteiger partial charge in [-0.05, 0) is 46.2 Å². The second-order valence-corrected chi connectivity index (χ2v) is 4.39. The summed E-state index contributed by atoms with van der Waals surface area (Å²) in [5.41, 5.74) is 0. The fourth-order valence-corrected chi connectivity index (χ4v) is 2.31. The number of aliphatic hydroxyl groups excluding tert-OH is 1. The van der Waals surface area contributed by atoms with Crippen LogP contribution in [0.5, 0.6) is 0 Å². The SMILES string of the molecule is CC(C)N(CCO)C1CCCNCC1. The highest BCUT2D eigenvalue weighted by Crippen LogP contribution is 2.15. The second kappa shape index (κ2) is 6.38. The first-order valence-corrected chi connectivity index (χ1v) is 5.83. The molecule has 0 radical (unpaired) electrons. The average molecular weight is 200 g/mol. The first kappa shape index (κ1) is 12.0. The Morgan fingerprint density at radius 2 is 2.14 bits per heavy atom. The summed E-state index contributed by atoms with van der Waals surface area (Å²) >= 11 is 0. The zero-order valence-corrected chi connectivity index (χ0v) is 9.50. The van der Waals surface area contributed by atoms with Crippen LogP contribution in [0, 0.1) is 0 Å². The Kier molecular flexibility index (Phi) is 5.45. The number of aliphatic hydroxyl groups is 1. The van der Waals surface area contributed by atoms with Crippen LogP contribution in [-0.2, 0) is 0 Å². The van der Waals surface area contributed by atoms with Gasteiger partial charge < -0.3 is 10.4 Å². The van der Waals surface area contributed by atoms with E-state index in [1.807, 2.05) is 0 Å². The first-order chi connectivity index (χ1) is 6.75. The van der Waals surface area contributed by atoms with Gasteiger partial charge in [0.05, 0.1) is 6.61 Å². The maximum Gasteiger partial charge on any atom is 0.0558 e. The molecule has 0 spiro atoms. The Labute approximate surface area is 87.5 Å². The van der Waals surface area contributed by atoms with E-state index in [0.29, 0.717) is 12.1 Å². The summed E-state index contributed by atoms with van der Waals surface area (Å²) in [6.07, 6.45) is 3.75. The largest absolute Gasteiger partial charge is 0.395 e. The van der Waals surface area contributed by atoms with Gasteiger partial charge in [0.15, 0.2) is 0 Å². The maximum absolute atomic E-state index is 9.03. The molecule has 84 valence electrons. The molecule has 1 saturated heterocycles. The molecule has 0 aromatic carbocycles. The standard InChI is InChI=1S/C11H24N2O/c1-10(2)13(8-9-14)11-4-3-6-12-7-5-11/h10-12,14H,3-9H2,1-2H3. The Hall–Kier alpha value is -0.120. The lowest BCUT2D eigenvalue weighted by molar-refractivity contribution is 0.110. The predicted molar refractivity (Wildman–Crippen MR) is 59.4 cm³/mol. The van der Waals surface area contributed by atoms with Gasteiger partial charge in [-0.25, -0.2) is 0 Å². The monoisotopic (exact) mass is 200 g/mol. The van der Waals surface area contributed by atoms with Crippen molar-refractivity contribution in [3.63, 3.8) is 0 Å². The normalized spacial score (nSPS) is 24.2. The van der Waals surface area contributed by atoms with Gasteiger partial charge in [-0.15, -0.1) is 0 Å². The second-order valence-electron chi connectivity index (χ2n) is 4.39. The topological polar surface area (TPSA) is 35.5 Å². The Bertz CT molecular complexity index is 142. The molecular formula is C11H24N2O. The van der Waals surface area contributed by atoms with Gasteiger partial charge in [0, 0.05) is 18.6 Å². The molecule has 0 bridgehead atoms. The molecular weight excluding hydrogens is 176 g/mol. The molecule has 1 fully saturated rings. The van der Waals surface area contributed by atoms with E-state index >= 15 is 0 Å². The van der Waals surface area contributed by atoms with Crippen LogP contribution in [0.15, 0.2) is 0 Å². The summed E-state index contributed by atoms with van der Waals surface area (Å²) < 4.78 is 0. The average Bonchev–Trinajstić information content (AvgIpc) is 2.41. The fraction of sp³-hybridized carbons (Fsp3) is 1.00. The van der Waals surface area contributed by atoms with Crippen LogP contribution in [-0.4, -0.2) is 48.3 Å². The molecule has 0 amide bonds. The molecule has 0 aromatic rings. The van der Waals surface area contributed by atoms with Crippen LogP contribution in [0.3, 0.4) is 0 Å². The van der Waals surface area contributed by atoms with Crippen molar-refractivity contribution in [2.75, 3.05) is 26.2 Å². The summed E-state index contributed by atoms with van der Waals surface area (Å²) in [5, 5.41) is 12.5. The van der Waals surface area contributed by atoms with E-state index in [-0.39, 0.29) is 6.61 Å². The molecule has 1 aliphatic heterocycles. The van der Waals surface area contributed by atoms with Crippen molar-refractivity contribution in [2.24, 2.45) is 0 Å². The molecule has 0 aromatic heterocycles. The van der Waals surface area contributed by atoms with Gasteiger partial charge in [0.1, 0.15) is 0 Å². The number of nitrogens with zero attached hydrogens (tertiary/aromatic N) is 1. The number of hydrogen-bond acceptors (Lipinski definition) is 3. The summed E-state index contributed by atoms with van der Waals surface area (Å²) in [6.45, 7) is 7.81. The lowest BCUT2D eigenvalue weighted by Gasteiger charge is -2.33. The van der Waals surface area contributed by atoms with Gasteiger partial charge in [-0.2, -0.15) is 0 Å². The van der Waals surface area contributed by atoms with E-state index in [2.05, 4.69) is 24.1 Å². The molecule has 1 rings (SSSR count). The van der Waals surface area contributed by atoms with E-state index in [1.54, 1.807) is 0 Å². The van der Waals surface area contributed by atoms with Crippen molar-refractivity contribution in [3.05, 3.63) is 0 Å². The third-order valence-corrected chi connectivity index (χ3v) is 3.04. The number of rotatable bonds is 4. The lowest BCUT2D eigenvalue weighted by atomic mass is 10.1. The van der Waals surface area contributed by atoms with Crippen molar-refractivity contribution in [1.82, 2.24) is 10.2 Å². The molecule has 0 saturated carbocycles. The van der Waals surface area contributed by atoms with Gasteiger partial charge in [0.25, 0.3) is 0 Å². The predicted octanol–water partition coefficient (Wildman–Crippen LogP) is 0.831. The molecule has 14 heavy (non-hydrogen) atoms. The minimum Gasteiger partial charge on any atom is -0.395 e. The van der Waals surface area contributed by atoms with Crippen LogP contribution in [0.25, 0.3) is 0 Å². The summed E-state index contributed by atoms with van der Waals surface area (Å²) in [5.74, 6) is 0. The molecule has 3 nitrogen and oxygen atoms in total. The third-order valence-electron chi connectivity index (χ3n) is 3.04. The third kappa shape index (κ3) is 3.56. The minimum atomic E-state index is 0.280. The van der Waals surface area contributed by atoms with E-state index in [0.717, 1.165) is 19.6 Å². The molecule has 1 aliphatic rings. The molecule has 1 atom stereocenters. The lowest BCUT2D eigenvalue weighted by Crippen LogP contribution is -2.42. The van der Waals surface area contributed by atoms with Crippen molar-refractivity contribution in [2.45, 2.75) is 45.2 Å². The Morgan fingerprint density at radius 1 is 1.36 bits per heavy atom. The summed E-state index contributed by atoms with van der Waals surface area (Å²) in [4.78, 5) is 2.44. The number of nitrogens with one attached hydrogen (secondary N) is 1. The van der Waals surface area contributed by atoms with E-state index < -0.39 is 0 Å². The zero-order chi connectivity index (χ0) is 10.4. The highest BCUT2D eigenvalue weighted by molar-refractivity contribution is 4.78. The van der Waals surface area contributed by atoms with Crippen molar-refractivity contribution in [1.29, 1.82) is 0 Å². The maximum atomic E-state index is 9.03. The Balaban J connectivity index is 2.46. The van der Waals surface area contributed by atoms with Crippen LogP contribution < -0.4 is 5.32 Å². The van der Waals surface area contributed by atoms with Gasteiger partial charge >= 0.3 is 0 Å². The highest BCUT2D eigenvalue weighted by Gasteiger charge is 2.21. The van der Waals surface area contributed by atoms with Gasteiger partial charge in [-0.1, -0.05) is 0 Å². The van der Waals surface area contributed by atoms with Crippen molar-refractivity contribution < 1.29 is 5.11 Å². The van der Waals surface area contributed by atoms with Gasteiger partial charge in [0.2, 0.25) is 0 Å². The molecule has 1 unspecified atom stereocenters. The van der Waals surface area contributed by atoms with E-state index in [9.17, 15) is 0 Å². The van der Waals surface area contributed by atoms with Crippen molar-refractivity contribution >= 4 is 0 Å². The minimum absolute atomic E-state index is 0.280. The Morgan fingerprint density at radius 3 is 2.79 bits per heavy atom. The van der Waals surface area contributed by atoms with Crippen LogP contribution in [0.1, 0.15) is 33.1 Å². The first-order valence-electron chi connectivity index (χ1n) is 5.83. The molecule has 1 heterocycles. The van der Waals surface area contributed by atoms with Crippen LogP contribution in [0.2, 0.25) is 0 Å². The van der Waals surface area contributed by atoms with Crippen LogP contribution >= 0.6 is 0 Å². The zero-order valence-electron chi connectivity index (χ0n) is 9.50. The van der Waals surface area contributed by atoms with E-state index in [1.165, 1.54) is 19.3 Å².